The van der Waals surface area contributed by atoms with Crippen LogP contribution in [0.4, 0.5) is 0 Å². The minimum absolute atomic E-state index is 0.472. The van der Waals surface area contributed by atoms with Crippen molar-refractivity contribution in [1.29, 1.82) is 0 Å². The molecule has 1 aliphatic rings. The molecule has 1 saturated heterocycles. The van der Waals surface area contributed by atoms with E-state index in [1.54, 1.807) is 0 Å². The zero-order chi connectivity index (χ0) is 12.9. The quantitative estimate of drug-likeness (QED) is 0.794. The maximum atomic E-state index is 3.65. The molecule has 2 heteroatoms. The van der Waals surface area contributed by atoms with Crippen molar-refractivity contribution < 1.29 is 0 Å². The fourth-order valence-electron chi connectivity index (χ4n) is 2.75. The van der Waals surface area contributed by atoms with Crippen molar-refractivity contribution in [1.82, 2.24) is 10.2 Å². The maximum absolute atomic E-state index is 3.65. The third-order valence-corrected chi connectivity index (χ3v) is 3.99. The number of hydrogen-bond donors (Lipinski definition) is 1. The molecule has 102 valence electrons. The maximum Gasteiger partial charge on any atom is 0.0119 e. The van der Waals surface area contributed by atoms with Gasteiger partial charge in [-0.3, -0.25) is 0 Å². The van der Waals surface area contributed by atoms with Crippen LogP contribution in [-0.2, 0) is 0 Å². The highest BCUT2D eigenvalue weighted by molar-refractivity contribution is 4.84. The molecule has 0 amide bonds. The van der Waals surface area contributed by atoms with Crippen molar-refractivity contribution in [3.8, 4) is 0 Å². The van der Waals surface area contributed by atoms with Crippen LogP contribution in [0.3, 0.4) is 0 Å². The van der Waals surface area contributed by atoms with Crippen molar-refractivity contribution in [3.63, 3.8) is 0 Å². The van der Waals surface area contributed by atoms with E-state index in [9.17, 15) is 0 Å². The number of nitrogens with one attached hydrogen (secondary N) is 1. The first-order chi connectivity index (χ1) is 7.96. The van der Waals surface area contributed by atoms with Gasteiger partial charge in [0.05, 0.1) is 0 Å². The SMILES string of the molecule is CCNC1CCN(CCC(C)(C)C)CC1CC. The zero-order valence-electron chi connectivity index (χ0n) is 12.6. The third-order valence-electron chi connectivity index (χ3n) is 3.99. The molecule has 0 aromatic rings. The van der Waals surface area contributed by atoms with E-state index in [0.29, 0.717) is 5.41 Å². The lowest BCUT2D eigenvalue weighted by Gasteiger charge is -2.39. The first-order valence-electron chi connectivity index (χ1n) is 7.42. The molecule has 0 aromatic heterocycles. The molecule has 1 fully saturated rings. The highest BCUT2D eigenvalue weighted by atomic mass is 15.1. The van der Waals surface area contributed by atoms with Crippen molar-refractivity contribution in [2.24, 2.45) is 11.3 Å². The van der Waals surface area contributed by atoms with Gasteiger partial charge < -0.3 is 10.2 Å². The van der Waals surface area contributed by atoms with Gasteiger partial charge in [0.15, 0.2) is 0 Å². The summed E-state index contributed by atoms with van der Waals surface area (Å²) in [6.45, 7) is 16.6. The van der Waals surface area contributed by atoms with E-state index in [4.69, 9.17) is 0 Å². The summed E-state index contributed by atoms with van der Waals surface area (Å²) >= 11 is 0. The Morgan fingerprint density at radius 2 is 1.94 bits per heavy atom. The van der Waals surface area contributed by atoms with Gasteiger partial charge in [0.2, 0.25) is 0 Å². The van der Waals surface area contributed by atoms with E-state index < -0.39 is 0 Å². The number of likely N-dealkylation sites (tertiary alicyclic amines) is 1. The van der Waals surface area contributed by atoms with Gasteiger partial charge in [0.25, 0.3) is 0 Å². The van der Waals surface area contributed by atoms with Crippen molar-refractivity contribution >= 4 is 0 Å². The summed E-state index contributed by atoms with van der Waals surface area (Å²) in [5.41, 5.74) is 0.472. The lowest BCUT2D eigenvalue weighted by molar-refractivity contribution is 0.122. The van der Waals surface area contributed by atoms with Gasteiger partial charge in [0.1, 0.15) is 0 Å². The smallest absolute Gasteiger partial charge is 0.0119 e. The standard InChI is InChI=1S/C15H32N2/c1-6-13-12-17(11-9-15(3,4)5)10-8-14(13)16-7-2/h13-14,16H,6-12H2,1-5H3. The third kappa shape index (κ3) is 5.39. The Morgan fingerprint density at radius 3 is 2.47 bits per heavy atom. The Bertz CT molecular complexity index is 207. The molecule has 0 spiro atoms. The second-order valence-corrected chi connectivity index (χ2v) is 6.73. The summed E-state index contributed by atoms with van der Waals surface area (Å²) in [6.07, 6.45) is 3.95. The molecular weight excluding hydrogens is 208 g/mol. The number of rotatable bonds is 5. The molecule has 0 saturated carbocycles. The van der Waals surface area contributed by atoms with E-state index >= 15 is 0 Å². The predicted octanol–water partition coefficient (Wildman–Crippen LogP) is 3.13. The molecule has 2 nitrogen and oxygen atoms in total. The molecule has 1 N–H and O–H groups in total. The predicted molar refractivity (Wildman–Crippen MR) is 76.4 cm³/mol. The van der Waals surface area contributed by atoms with Crippen LogP contribution in [0.15, 0.2) is 0 Å². The average molecular weight is 240 g/mol. The average Bonchev–Trinajstić information content (AvgIpc) is 2.27. The Balaban J connectivity index is 2.37. The van der Waals surface area contributed by atoms with E-state index in [1.165, 1.54) is 38.9 Å². The Kier molecular flexibility index (Phi) is 5.94. The molecule has 0 bridgehead atoms. The summed E-state index contributed by atoms with van der Waals surface area (Å²) in [7, 11) is 0. The van der Waals surface area contributed by atoms with Crippen molar-refractivity contribution in [2.75, 3.05) is 26.2 Å². The molecule has 0 aromatic carbocycles. The van der Waals surface area contributed by atoms with E-state index in [2.05, 4.69) is 44.8 Å². The Morgan fingerprint density at radius 1 is 1.24 bits per heavy atom. The van der Waals surface area contributed by atoms with Crippen LogP contribution in [0, 0.1) is 11.3 Å². The van der Waals surface area contributed by atoms with Crippen LogP contribution in [0.2, 0.25) is 0 Å². The first kappa shape index (κ1) is 15.0. The van der Waals surface area contributed by atoms with Crippen LogP contribution < -0.4 is 5.32 Å². The van der Waals surface area contributed by atoms with E-state index in [1.807, 2.05) is 0 Å². The van der Waals surface area contributed by atoms with Gasteiger partial charge >= 0.3 is 0 Å². The molecular formula is C15H32N2. The molecule has 1 aliphatic heterocycles. The van der Waals surface area contributed by atoms with Gasteiger partial charge in [-0.05, 0) is 43.8 Å². The molecule has 2 unspecified atom stereocenters. The topological polar surface area (TPSA) is 15.3 Å². The fourth-order valence-corrected chi connectivity index (χ4v) is 2.75. The molecule has 2 atom stereocenters. The van der Waals surface area contributed by atoms with Crippen LogP contribution in [0.25, 0.3) is 0 Å². The van der Waals surface area contributed by atoms with Crippen LogP contribution >= 0.6 is 0 Å². The Labute approximate surface area is 108 Å². The van der Waals surface area contributed by atoms with Gasteiger partial charge in [-0.2, -0.15) is 0 Å². The van der Waals surface area contributed by atoms with Gasteiger partial charge in [-0.15, -0.1) is 0 Å². The minimum atomic E-state index is 0.472. The number of hydrogen-bond acceptors (Lipinski definition) is 2. The van der Waals surface area contributed by atoms with Gasteiger partial charge in [-0.25, -0.2) is 0 Å². The van der Waals surface area contributed by atoms with Crippen LogP contribution in [0.1, 0.15) is 53.9 Å². The van der Waals surface area contributed by atoms with E-state index in [-0.39, 0.29) is 0 Å². The summed E-state index contributed by atoms with van der Waals surface area (Å²) in [6, 6.07) is 0.760. The summed E-state index contributed by atoms with van der Waals surface area (Å²) in [4.78, 5) is 2.67. The summed E-state index contributed by atoms with van der Waals surface area (Å²) < 4.78 is 0. The van der Waals surface area contributed by atoms with E-state index in [0.717, 1.165) is 18.5 Å². The van der Waals surface area contributed by atoms with Crippen LogP contribution in [0.5, 0.6) is 0 Å². The van der Waals surface area contributed by atoms with Crippen molar-refractivity contribution in [2.45, 2.75) is 59.9 Å². The molecule has 1 heterocycles. The normalized spacial score (nSPS) is 27.4. The monoisotopic (exact) mass is 240 g/mol. The van der Waals surface area contributed by atoms with Crippen LogP contribution in [-0.4, -0.2) is 37.1 Å². The molecule has 17 heavy (non-hydrogen) atoms. The second kappa shape index (κ2) is 6.75. The minimum Gasteiger partial charge on any atom is -0.314 e. The highest BCUT2D eigenvalue weighted by Crippen LogP contribution is 2.23. The Hall–Kier alpha value is -0.0800. The first-order valence-corrected chi connectivity index (χ1v) is 7.42. The lowest BCUT2D eigenvalue weighted by Crippen LogP contribution is -2.49. The van der Waals surface area contributed by atoms with Crippen molar-refractivity contribution in [3.05, 3.63) is 0 Å². The summed E-state index contributed by atoms with van der Waals surface area (Å²) in [5.74, 6) is 0.851. The molecule has 1 rings (SSSR count). The summed E-state index contributed by atoms with van der Waals surface area (Å²) in [5, 5.41) is 3.65. The van der Waals surface area contributed by atoms with Gasteiger partial charge in [-0.1, -0.05) is 41.0 Å². The van der Waals surface area contributed by atoms with Gasteiger partial charge in [0, 0.05) is 12.6 Å². The zero-order valence-corrected chi connectivity index (χ0v) is 12.6. The number of piperidine rings is 1. The second-order valence-electron chi connectivity index (χ2n) is 6.73. The largest absolute Gasteiger partial charge is 0.314 e. The molecule has 0 aliphatic carbocycles. The fraction of sp³-hybridized carbons (Fsp3) is 1.00. The lowest BCUT2D eigenvalue weighted by atomic mass is 9.88. The highest BCUT2D eigenvalue weighted by Gasteiger charge is 2.27. The number of nitrogens with zero attached hydrogens (tertiary/aromatic N) is 1. The molecule has 0 radical (unpaired) electrons.